The molecule has 1 heterocycles. The van der Waals surface area contributed by atoms with Gasteiger partial charge in [0.1, 0.15) is 0 Å². The lowest BCUT2D eigenvalue weighted by Crippen LogP contribution is -2.03. The van der Waals surface area contributed by atoms with Crippen LogP contribution in [0.5, 0.6) is 0 Å². The smallest absolute Gasteiger partial charge is 0.150 e. The minimum atomic E-state index is 0. The molecule has 1 N–H and O–H groups in total. The van der Waals surface area contributed by atoms with Crippen LogP contribution in [0.4, 0.5) is 0 Å². The summed E-state index contributed by atoms with van der Waals surface area (Å²) in [5.41, 5.74) is 1.13. The van der Waals surface area contributed by atoms with Crippen molar-refractivity contribution in [3.8, 4) is 0 Å². The summed E-state index contributed by atoms with van der Waals surface area (Å²) in [6.45, 7) is 0.778. The summed E-state index contributed by atoms with van der Waals surface area (Å²) in [4.78, 5) is 0. The summed E-state index contributed by atoms with van der Waals surface area (Å²) in [6, 6.07) is 2.05. The van der Waals surface area contributed by atoms with Gasteiger partial charge in [-0.3, -0.25) is 0 Å². The molecule has 0 aliphatic heterocycles. The van der Waals surface area contributed by atoms with Crippen molar-refractivity contribution in [2.45, 2.75) is 25.3 Å². The third-order valence-corrected chi connectivity index (χ3v) is 1.92. The van der Waals surface area contributed by atoms with Crippen LogP contribution >= 0.6 is 12.4 Å². The molecule has 2 rings (SSSR count). The van der Waals surface area contributed by atoms with Crippen LogP contribution in [0.3, 0.4) is 0 Å². The van der Waals surface area contributed by atoms with E-state index in [1.54, 1.807) is 0 Å². The second-order valence-electron chi connectivity index (χ2n) is 3.02. The topological polar surface area (TPSA) is 38.1 Å². The molecule has 0 amide bonds. The van der Waals surface area contributed by atoms with E-state index in [2.05, 4.69) is 10.5 Å². The van der Waals surface area contributed by atoms with Crippen LogP contribution in [0, 0.1) is 0 Å². The minimum Gasteiger partial charge on any atom is -0.360 e. The highest BCUT2D eigenvalue weighted by molar-refractivity contribution is 5.85. The van der Waals surface area contributed by atoms with Gasteiger partial charge < -0.3 is 9.84 Å². The number of rotatable bonds is 3. The Labute approximate surface area is 77.9 Å². The maximum Gasteiger partial charge on any atom is 0.150 e. The van der Waals surface area contributed by atoms with Gasteiger partial charge in [0, 0.05) is 12.0 Å². The molecule has 0 bridgehead atoms. The molecule has 0 aromatic carbocycles. The van der Waals surface area contributed by atoms with Crippen LogP contribution in [0.1, 0.15) is 30.2 Å². The van der Waals surface area contributed by atoms with Gasteiger partial charge in [0.05, 0.1) is 12.2 Å². The normalized spacial score (nSPS) is 15.8. The van der Waals surface area contributed by atoms with Gasteiger partial charge in [0.15, 0.2) is 5.76 Å². The highest BCUT2D eigenvalue weighted by Gasteiger charge is 2.26. The molecule has 1 aliphatic carbocycles. The van der Waals surface area contributed by atoms with E-state index in [1.807, 2.05) is 13.1 Å². The molecular weight excluding hydrogens is 176 g/mol. The van der Waals surface area contributed by atoms with Gasteiger partial charge >= 0.3 is 0 Å². The first-order valence-electron chi connectivity index (χ1n) is 4.00. The van der Waals surface area contributed by atoms with E-state index >= 15 is 0 Å². The predicted molar refractivity (Wildman–Crippen MR) is 48.5 cm³/mol. The molecule has 1 fully saturated rings. The Kier molecular flexibility index (Phi) is 3.12. The van der Waals surface area contributed by atoms with E-state index in [1.165, 1.54) is 12.8 Å². The van der Waals surface area contributed by atoms with Crippen molar-refractivity contribution in [1.82, 2.24) is 10.5 Å². The number of hydrogen-bond donors (Lipinski definition) is 1. The lowest BCUT2D eigenvalue weighted by atomic mass is 10.3. The molecule has 3 nitrogen and oxygen atoms in total. The highest BCUT2D eigenvalue weighted by atomic mass is 35.5. The largest absolute Gasteiger partial charge is 0.360 e. The molecule has 1 aromatic heterocycles. The minimum absolute atomic E-state index is 0. The third-order valence-electron chi connectivity index (χ3n) is 1.92. The summed E-state index contributed by atoms with van der Waals surface area (Å²) < 4.78 is 5.09. The van der Waals surface area contributed by atoms with Crippen LogP contribution in [0.15, 0.2) is 10.6 Å². The zero-order valence-electron chi connectivity index (χ0n) is 7.04. The van der Waals surface area contributed by atoms with Gasteiger partial charge in [-0.25, -0.2) is 0 Å². The van der Waals surface area contributed by atoms with Gasteiger partial charge in [0.25, 0.3) is 0 Å². The molecule has 1 aromatic rings. The molecule has 0 spiro atoms. The first kappa shape index (κ1) is 9.55. The summed E-state index contributed by atoms with van der Waals surface area (Å²) >= 11 is 0. The molecule has 0 unspecified atom stereocenters. The number of nitrogens with zero attached hydrogens (tertiary/aromatic N) is 1. The van der Waals surface area contributed by atoms with E-state index in [-0.39, 0.29) is 12.4 Å². The average Bonchev–Trinajstić information content (AvgIpc) is 2.75. The SMILES string of the molecule is CNCc1cc(C2CC2)no1.Cl. The Morgan fingerprint density at radius 1 is 1.67 bits per heavy atom. The summed E-state index contributed by atoms with van der Waals surface area (Å²) in [5.74, 6) is 1.64. The fraction of sp³-hybridized carbons (Fsp3) is 0.625. The highest BCUT2D eigenvalue weighted by Crippen LogP contribution is 2.39. The first-order chi connectivity index (χ1) is 5.40. The van der Waals surface area contributed by atoms with Crippen molar-refractivity contribution < 1.29 is 4.52 Å². The maximum atomic E-state index is 5.09. The second-order valence-corrected chi connectivity index (χ2v) is 3.02. The van der Waals surface area contributed by atoms with Crippen molar-refractivity contribution in [1.29, 1.82) is 0 Å². The molecule has 1 aliphatic rings. The van der Waals surface area contributed by atoms with E-state index in [0.717, 1.165) is 18.0 Å². The Morgan fingerprint density at radius 2 is 2.42 bits per heavy atom. The summed E-state index contributed by atoms with van der Waals surface area (Å²) in [5, 5.41) is 7.00. The zero-order chi connectivity index (χ0) is 7.68. The summed E-state index contributed by atoms with van der Waals surface area (Å²) in [6.07, 6.45) is 2.57. The van der Waals surface area contributed by atoms with E-state index < -0.39 is 0 Å². The predicted octanol–water partition coefficient (Wildman–Crippen LogP) is 1.69. The number of halogens is 1. The van der Waals surface area contributed by atoms with Crippen LogP contribution < -0.4 is 5.32 Å². The average molecular weight is 189 g/mol. The van der Waals surface area contributed by atoms with E-state index in [0.29, 0.717) is 5.92 Å². The Hall–Kier alpha value is -0.540. The molecule has 68 valence electrons. The van der Waals surface area contributed by atoms with Gasteiger partial charge in [0.2, 0.25) is 0 Å². The molecular formula is C8H13ClN2O. The standard InChI is InChI=1S/C8H12N2O.ClH/c1-9-5-7-4-8(10-11-7)6-2-3-6;/h4,6,9H,2-3,5H2,1H3;1H. The van der Waals surface area contributed by atoms with Crippen molar-refractivity contribution >= 4 is 12.4 Å². The molecule has 12 heavy (non-hydrogen) atoms. The molecule has 0 saturated heterocycles. The quantitative estimate of drug-likeness (QED) is 0.785. The fourth-order valence-corrected chi connectivity index (χ4v) is 1.16. The number of aromatic nitrogens is 1. The number of hydrogen-bond acceptors (Lipinski definition) is 3. The lowest BCUT2D eigenvalue weighted by Gasteiger charge is -1.87. The van der Waals surface area contributed by atoms with Gasteiger partial charge in [-0.15, -0.1) is 12.4 Å². The monoisotopic (exact) mass is 188 g/mol. The van der Waals surface area contributed by atoms with Gasteiger partial charge in [-0.1, -0.05) is 5.16 Å². The fourth-order valence-electron chi connectivity index (χ4n) is 1.16. The van der Waals surface area contributed by atoms with Crippen LogP contribution in [-0.2, 0) is 6.54 Å². The van der Waals surface area contributed by atoms with Crippen LogP contribution in [0.2, 0.25) is 0 Å². The van der Waals surface area contributed by atoms with Crippen LogP contribution in [-0.4, -0.2) is 12.2 Å². The summed E-state index contributed by atoms with van der Waals surface area (Å²) in [7, 11) is 1.90. The Bertz CT molecular complexity index is 245. The van der Waals surface area contributed by atoms with E-state index in [4.69, 9.17) is 4.52 Å². The Morgan fingerprint density at radius 3 is 3.00 bits per heavy atom. The van der Waals surface area contributed by atoms with Crippen molar-refractivity contribution in [2.24, 2.45) is 0 Å². The van der Waals surface area contributed by atoms with Crippen molar-refractivity contribution in [3.05, 3.63) is 17.5 Å². The number of nitrogens with one attached hydrogen (secondary N) is 1. The first-order valence-corrected chi connectivity index (χ1v) is 4.00. The molecule has 0 radical (unpaired) electrons. The lowest BCUT2D eigenvalue weighted by molar-refractivity contribution is 0.371. The van der Waals surface area contributed by atoms with E-state index in [9.17, 15) is 0 Å². The second kappa shape index (κ2) is 3.92. The van der Waals surface area contributed by atoms with Gasteiger partial charge in [-0.05, 0) is 19.9 Å². The maximum absolute atomic E-state index is 5.09. The van der Waals surface area contributed by atoms with Gasteiger partial charge in [-0.2, -0.15) is 0 Å². The molecule has 4 heteroatoms. The molecule has 1 saturated carbocycles. The van der Waals surface area contributed by atoms with Crippen LogP contribution in [0.25, 0.3) is 0 Å². The zero-order valence-corrected chi connectivity index (χ0v) is 7.86. The molecule has 0 atom stereocenters. The van der Waals surface area contributed by atoms with Crippen molar-refractivity contribution in [3.63, 3.8) is 0 Å². The van der Waals surface area contributed by atoms with Crippen molar-refractivity contribution in [2.75, 3.05) is 7.05 Å². The Balaban J connectivity index is 0.000000720. The third kappa shape index (κ3) is 1.99.